The SMILES string of the molecule is CCOC(=O)c1c(NC(=O)CSc2cccc(NC(=S)Nc3ccc(C(C)=O)cc3)c2)sc2c1CCCCC2. The Hall–Kier alpha value is -3.21. The lowest BCUT2D eigenvalue weighted by Gasteiger charge is -2.12. The number of thiocarbonyl (C=S) groups is 1. The first-order valence-corrected chi connectivity index (χ1v) is 15.1. The molecule has 7 nitrogen and oxygen atoms in total. The van der Waals surface area contributed by atoms with Crippen LogP contribution in [0.4, 0.5) is 16.4 Å². The number of ketones is 1. The molecule has 1 amide bonds. The molecule has 10 heteroatoms. The van der Waals surface area contributed by atoms with Crippen molar-refractivity contribution >= 4 is 74.5 Å². The molecule has 0 fully saturated rings. The minimum atomic E-state index is -0.363. The van der Waals surface area contributed by atoms with Crippen molar-refractivity contribution in [1.29, 1.82) is 0 Å². The van der Waals surface area contributed by atoms with E-state index >= 15 is 0 Å². The summed E-state index contributed by atoms with van der Waals surface area (Å²) in [5, 5.41) is 10.2. The number of aryl methyl sites for hydroxylation is 1. The molecular formula is C29H31N3O4S3. The van der Waals surface area contributed by atoms with Crippen LogP contribution < -0.4 is 16.0 Å². The molecule has 3 N–H and O–H groups in total. The first kappa shape index (κ1) is 28.8. The van der Waals surface area contributed by atoms with Crippen molar-refractivity contribution in [3.8, 4) is 0 Å². The zero-order valence-electron chi connectivity index (χ0n) is 21.9. The summed E-state index contributed by atoms with van der Waals surface area (Å²) in [7, 11) is 0. The Morgan fingerprint density at radius 1 is 0.974 bits per heavy atom. The molecule has 1 aliphatic rings. The van der Waals surface area contributed by atoms with E-state index in [1.807, 2.05) is 24.3 Å². The second kappa shape index (κ2) is 13.7. The highest BCUT2D eigenvalue weighted by Crippen LogP contribution is 2.38. The lowest BCUT2D eigenvalue weighted by molar-refractivity contribution is -0.113. The summed E-state index contributed by atoms with van der Waals surface area (Å²) in [4.78, 5) is 39.2. The van der Waals surface area contributed by atoms with Gasteiger partial charge in [0.1, 0.15) is 5.00 Å². The van der Waals surface area contributed by atoms with Crippen LogP contribution in [0.2, 0.25) is 0 Å². The summed E-state index contributed by atoms with van der Waals surface area (Å²) in [6.45, 7) is 3.61. The third kappa shape index (κ3) is 7.90. The van der Waals surface area contributed by atoms with Crippen LogP contribution in [0.25, 0.3) is 0 Å². The lowest BCUT2D eigenvalue weighted by atomic mass is 10.1. The molecule has 0 atom stereocenters. The third-order valence-corrected chi connectivity index (χ3v) is 8.57. The average Bonchev–Trinajstić information content (AvgIpc) is 3.08. The average molecular weight is 582 g/mol. The van der Waals surface area contributed by atoms with E-state index in [9.17, 15) is 14.4 Å². The molecule has 39 heavy (non-hydrogen) atoms. The topological polar surface area (TPSA) is 96.5 Å². The predicted molar refractivity (Wildman–Crippen MR) is 164 cm³/mol. The summed E-state index contributed by atoms with van der Waals surface area (Å²) in [6, 6.07) is 14.7. The minimum Gasteiger partial charge on any atom is -0.462 e. The van der Waals surface area contributed by atoms with E-state index in [0.717, 1.165) is 53.9 Å². The van der Waals surface area contributed by atoms with Crippen molar-refractivity contribution in [2.24, 2.45) is 0 Å². The van der Waals surface area contributed by atoms with Crippen LogP contribution in [0.15, 0.2) is 53.4 Å². The molecule has 204 valence electrons. The number of Topliss-reactive ketones (excluding diaryl/α,β-unsaturated/α-hetero) is 1. The molecular weight excluding hydrogens is 551 g/mol. The second-order valence-electron chi connectivity index (χ2n) is 9.07. The van der Waals surface area contributed by atoms with Gasteiger partial charge in [0.05, 0.1) is 17.9 Å². The van der Waals surface area contributed by atoms with Crippen LogP contribution in [0, 0.1) is 0 Å². The summed E-state index contributed by atoms with van der Waals surface area (Å²) in [5.41, 5.74) is 3.76. The number of carbonyl (C=O) groups is 3. The Balaban J connectivity index is 1.35. The van der Waals surface area contributed by atoms with Gasteiger partial charge in [0, 0.05) is 26.7 Å². The monoisotopic (exact) mass is 581 g/mol. The van der Waals surface area contributed by atoms with Gasteiger partial charge >= 0.3 is 5.97 Å². The first-order chi connectivity index (χ1) is 18.8. The second-order valence-corrected chi connectivity index (χ2v) is 11.6. The Morgan fingerprint density at radius 2 is 1.72 bits per heavy atom. The number of esters is 1. The van der Waals surface area contributed by atoms with Gasteiger partial charge in [-0.2, -0.15) is 0 Å². The van der Waals surface area contributed by atoms with Gasteiger partial charge in [-0.25, -0.2) is 4.79 Å². The van der Waals surface area contributed by atoms with E-state index in [4.69, 9.17) is 17.0 Å². The molecule has 1 aliphatic carbocycles. The van der Waals surface area contributed by atoms with Gasteiger partial charge in [-0.3, -0.25) is 9.59 Å². The van der Waals surface area contributed by atoms with Crippen molar-refractivity contribution in [2.45, 2.75) is 50.8 Å². The summed E-state index contributed by atoms with van der Waals surface area (Å²) >= 11 is 8.33. The Morgan fingerprint density at radius 3 is 2.46 bits per heavy atom. The minimum absolute atomic E-state index is 0.00889. The van der Waals surface area contributed by atoms with E-state index in [0.29, 0.717) is 27.8 Å². The molecule has 4 rings (SSSR count). The van der Waals surface area contributed by atoms with Gasteiger partial charge in [-0.05, 0) is 99.8 Å². The van der Waals surface area contributed by atoms with Crippen molar-refractivity contribution in [1.82, 2.24) is 0 Å². The number of thioether (sulfide) groups is 1. The van der Waals surface area contributed by atoms with Crippen LogP contribution in [0.1, 0.15) is 64.3 Å². The van der Waals surface area contributed by atoms with Crippen molar-refractivity contribution in [2.75, 3.05) is 28.3 Å². The number of benzene rings is 2. The van der Waals surface area contributed by atoms with E-state index in [1.165, 1.54) is 34.9 Å². The number of ether oxygens (including phenoxy) is 1. The standard InChI is InChI=1S/C29H31N3O4S3/c1-3-36-28(35)26-23-10-5-4-6-11-24(23)39-27(26)32-25(34)17-38-22-9-7-8-21(16-22)31-29(37)30-20-14-12-19(13-15-20)18(2)33/h7-9,12-16H,3-6,10-11,17H2,1-2H3,(H,32,34)(H2,30,31,37). The van der Waals surface area contributed by atoms with Crippen LogP contribution in [-0.2, 0) is 22.4 Å². The molecule has 1 heterocycles. The van der Waals surface area contributed by atoms with Gasteiger partial charge in [0.2, 0.25) is 5.91 Å². The van der Waals surface area contributed by atoms with Gasteiger partial charge in [0.15, 0.2) is 10.9 Å². The fraction of sp³-hybridized carbons (Fsp3) is 0.310. The Kier molecular flexibility index (Phi) is 10.1. The maximum Gasteiger partial charge on any atom is 0.341 e. The predicted octanol–water partition coefficient (Wildman–Crippen LogP) is 6.94. The highest BCUT2D eigenvalue weighted by Gasteiger charge is 2.26. The van der Waals surface area contributed by atoms with E-state index in [-0.39, 0.29) is 23.4 Å². The molecule has 0 radical (unpaired) electrons. The largest absolute Gasteiger partial charge is 0.462 e. The molecule has 2 aromatic carbocycles. The van der Waals surface area contributed by atoms with Crippen LogP contribution >= 0.6 is 35.3 Å². The number of amides is 1. The molecule has 0 aliphatic heterocycles. The Labute approximate surface area is 242 Å². The third-order valence-electron chi connectivity index (χ3n) is 6.16. The zero-order chi connectivity index (χ0) is 27.8. The number of rotatable bonds is 9. The molecule has 3 aromatic rings. The molecule has 0 saturated heterocycles. The highest BCUT2D eigenvalue weighted by atomic mass is 32.2. The normalized spacial score (nSPS) is 12.6. The summed E-state index contributed by atoms with van der Waals surface area (Å²) in [6.07, 6.45) is 5.04. The summed E-state index contributed by atoms with van der Waals surface area (Å²) < 4.78 is 5.32. The fourth-order valence-corrected chi connectivity index (χ4v) is 6.59. The van der Waals surface area contributed by atoms with Crippen LogP contribution in [0.3, 0.4) is 0 Å². The van der Waals surface area contributed by atoms with E-state index < -0.39 is 0 Å². The number of thiophene rings is 1. The smallest absolute Gasteiger partial charge is 0.341 e. The van der Waals surface area contributed by atoms with Crippen molar-refractivity contribution in [3.05, 3.63) is 70.1 Å². The number of hydrogen-bond acceptors (Lipinski definition) is 7. The maximum absolute atomic E-state index is 12.9. The number of nitrogens with one attached hydrogen (secondary N) is 3. The van der Waals surface area contributed by atoms with Crippen molar-refractivity contribution in [3.63, 3.8) is 0 Å². The lowest BCUT2D eigenvalue weighted by Crippen LogP contribution is -2.19. The molecule has 1 aromatic heterocycles. The quantitative estimate of drug-likeness (QED) is 0.0823. The molecule has 0 unspecified atom stereocenters. The van der Waals surface area contributed by atoms with Crippen LogP contribution in [-0.4, -0.2) is 35.1 Å². The van der Waals surface area contributed by atoms with Gasteiger partial charge in [-0.1, -0.05) is 12.5 Å². The van der Waals surface area contributed by atoms with Crippen molar-refractivity contribution < 1.29 is 19.1 Å². The molecule has 0 bridgehead atoms. The Bertz CT molecular complexity index is 1370. The maximum atomic E-state index is 12.9. The fourth-order valence-electron chi connectivity index (χ4n) is 4.31. The highest BCUT2D eigenvalue weighted by molar-refractivity contribution is 8.00. The number of anilines is 3. The molecule has 0 spiro atoms. The van der Waals surface area contributed by atoms with E-state index in [2.05, 4.69) is 16.0 Å². The number of fused-ring (bicyclic) bond motifs is 1. The van der Waals surface area contributed by atoms with Gasteiger partial charge < -0.3 is 20.7 Å². The number of hydrogen-bond donors (Lipinski definition) is 3. The first-order valence-electron chi connectivity index (χ1n) is 12.9. The molecule has 0 saturated carbocycles. The zero-order valence-corrected chi connectivity index (χ0v) is 24.4. The van der Waals surface area contributed by atoms with E-state index in [1.54, 1.807) is 31.2 Å². The van der Waals surface area contributed by atoms with Gasteiger partial charge in [-0.15, -0.1) is 23.1 Å². The van der Waals surface area contributed by atoms with Gasteiger partial charge in [0.25, 0.3) is 0 Å². The number of carbonyl (C=O) groups excluding carboxylic acids is 3. The van der Waals surface area contributed by atoms with Crippen LogP contribution in [0.5, 0.6) is 0 Å². The summed E-state index contributed by atoms with van der Waals surface area (Å²) in [5.74, 6) is -0.335.